The van der Waals surface area contributed by atoms with Gasteiger partial charge in [0.25, 0.3) is 0 Å². The maximum atomic E-state index is 12.1. The Morgan fingerprint density at radius 3 is 2.59 bits per heavy atom. The lowest BCUT2D eigenvalue weighted by Crippen LogP contribution is -2.41. The summed E-state index contributed by atoms with van der Waals surface area (Å²) in [4.78, 5) is 14.4. The Balaban J connectivity index is 1.63. The highest BCUT2D eigenvalue weighted by molar-refractivity contribution is 5.68. The van der Waals surface area contributed by atoms with E-state index in [-0.39, 0.29) is 18.2 Å². The predicted molar refractivity (Wildman–Crippen MR) is 114 cm³/mol. The molecule has 3 N–H and O–H groups in total. The molecule has 0 bridgehead atoms. The number of para-hydroxylation sites is 1. The zero-order chi connectivity index (χ0) is 20.9. The second kappa shape index (κ2) is 9.29. The average Bonchev–Trinajstić information content (AvgIpc) is 3.10. The molecule has 0 aliphatic carbocycles. The first-order chi connectivity index (χ1) is 13.8. The lowest BCUT2D eigenvalue weighted by atomic mass is 10.1. The van der Waals surface area contributed by atoms with Gasteiger partial charge in [-0.2, -0.15) is 0 Å². The van der Waals surface area contributed by atoms with E-state index >= 15 is 0 Å². The third kappa shape index (κ3) is 6.21. The van der Waals surface area contributed by atoms with E-state index in [0.29, 0.717) is 6.54 Å². The number of alkyl carbamates (subject to hydrolysis) is 1. The zero-order valence-corrected chi connectivity index (χ0v) is 17.4. The van der Waals surface area contributed by atoms with Gasteiger partial charge in [-0.05, 0) is 57.0 Å². The van der Waals surface area contributed by atoms with Crippen molar-refractivity contribution >= 4 is 6.09 Å². The van der Waals surface area contributed by atoms with E-state index in [9.17, 15) is 4.79 Å². The Kier molecular flexibility index (Phi) is 6.77. The molecule has 0 aromatic heterocycles. The summed E-state index contributed by atoms with van der Waals surface area (Å²) < 4.78 is 11.3. The Labute approximate surface area is 173 Å². The van der Waals surface area contributed by atoms with E-state index in [1.165, 1.54) is 0 Å². The van der Waals surface area contributed by atoms with Crippen LogP contribution in [0.2, 0.25) is 0 Å². The zero-order valence-electron chi connectivity index (χ0n) is 17.4. The Morgan fingerprint density at radius 1 is 1.17 bits per heavy atom. The quantitative estimate of drug-likeness (QED) is 0.768. The van der Waals surface area contributed by atoms with Gasteiger partial charge in [-0.25, -0.2) is 4.79 Å². The summed E-state index contributed by atoms with van der Waals surface area (Å²) >= 11 is 0. The molecule has 156 valence electrons. The molecule has 1 amide bonds. The molecule has 0 spiro atoms. The molecule has 3 rings (SSSR count). The molecular formula is C23H31N3O3. The lowest BCUT2D eigenvalue weighted by molar-refractivity contribution is 0.0504. The van der Waals surface area contributed by atoms with Crippen molar-refractivity contribution in [2.45, 2.75) is 44.9 Å². The SMILES string of the molecule is CC(C)(C)OC(=O)NC1CCN(C(CN)c2cccc(Oc3ccccc3)c2)C1. The monoisotopic (exact) mass is 397 g/mol. The standard InChI is InChI=1S/C23H31N3O3/c1-23(2,3)29-22(27)25-18-12-13-26(16-18)21(15-24)17-8-7-11-20(14-17)28-19-9-5-4-6-10-19/h4-11,14,18,21H,12-13,15-16,24H2,1-3H3,(H,25,27). The van der Waals surface area contributed by atoms with Crippen molar-refractivity contribution in [2.75, 3.05) is 19.6 Å². The normalized spacial score (nSPS) is 18.3. The van der Waals surface area contributed by atoms with E-state index in [2.05, 4.69) is 16.3 Å². The van der Waals surface area contributed by atoms with Gasteiger partial charge in [0.2, 0.25) is 0 Å². The van der Waals surface area contributed by atoms with E-state index in [4.69, 9.17) is 15.2 Å². The minimum Gasteiger partial charge on any atom is -0.457 e. The smallest absolute Gasteiger partial charge is 0.407 e. The van der Waals surface area contributed by atoms with Gasteiger partial charge in [0.05, 0.1) is 0 Å². The number of carbonyl (C=O) groups excluding carboxylic acids is 1. The van der Waals surface area contributed by atoms with Crippen molar-refractivity contribution in [3.05, 3.63) is 60.2 Å². The maximum absolute atomic E-state index is 12.1. The number of nitrogens with zero attached hydrogens (tertiary/aromatic N) is 1. The van der Waals surface area contributed by atoms with Gasteiger partial charge < -0.3 is 20.5 Å². The average molecular weight is 398 g/mol. The number of hydrogen-bond donors (Lipinski definition) is 2. The summed E-state index contributed by atoms with van der Waals surface area (Å²) in [5.41, 5.74) is 6.73. The van der Waals surface area contributed by atoms with Crippen LogP contribution in [0, 0.1) is 0 Å². The number of benzene rings is 2. The first-order valence-corrected chi connectivity index (χ1v) is 10.1. The van der Waals surface area contributed by atoms with Crippen LogP contribution in [0.4, 0.5) is 4.79 Å². The number of amides is 1. The number of nitrogens with two attached hydrogens (primary N) is 1. The second-order valence-electron chi connectivity index (χ2n) is 8.37. The van der Waals surface area contributed by atoms with Gasteiger partial charge in [0, 0.05) is 31.7 Å². The molecule has 2 aromatic rings. The van der Waals surface area contributed by atoms with Crippen molar-refractivity contribution in [1.82, 2.24) is 10.2 Å². The first-order valence-electron chi connectivity index (χ1n) is 10.1. The number of rotatable bonds is 6. The predicted octanol–water partition coefficient (Wildman–Crippen LogP) is 4.08. The molecule has 2 atom stereocenters. The third-order valence-corrected chi connectivity index (χ3v) is 4.83. The molecule has 1 fully saturated rings. The summed E-state index contributed by atoms with van der Waals surface area (Å²) in [7, 11) is 0. The van der Waals surface area contributed by atoms with E-state index in [0.717, 1.165) is 36.6 Å². The van der Waals surface area contributed by atoms with Crippen LogP contribution in [-0.2, 0) is 4.74 Å². The van der Waals surface area contributed by atoms with Gasteiger partial charge in [0.1, 0.15) is 17.1 Å². The fourth-order valence-electron chi connectivity index (χ4n) is 3.57. The Bertz CT molecular complexity index is 805. The highest BCUT2D eigenvalue weighted by atomic mass is 16.6. The van der Waals surface area contributed by atoms with Crippen LogP contribution in [0.15, 0.2) is 54.6 Å². The summed E-state index contributed by atoms with van der Waals surface area (Å²) in [5.74, 6) is 1.59. The Hall–Kier alpha value is -2.57. The molecule has 6 heteroatoms. The molecule has 1 aliphatic rings. The van der Waals surface area contributed by atoms with Crippen LogP contribution in [0.1, 0.15) is 38.8 Å². The van der Waals surface area contributed by atoms with Crippen LogP contribution in [0.25, 0.3) is 0 Å². The molecule has 0 radical (unpaired) electrons. The highest BCUT2D eigenvalue weighted by Gasteiger charge is 2.30. The van der Waals surface area contributed by atoms with Crippen molar-refractivity contribution in [3.63, 3.8) is 0 Å². The van der Waals surface area contributed by atoms with E-state index < -0.39 is 5.60 Å². The molecule has 1 saturated heterocycles. The number of hydrogen-bond acceptors (Lipinski definition) is 5. The largest absolute Gasteiger partial charge is 0.457 e. The minimum atomic E-state index is -0.499. The maximum Gasteiger partial charge on any atom is 0.407 e. The molecule has 2 aromatic carbocycles. The summed E-state index contributed by atoms with van der Waals surface area (Å²) in [5, 5.41) is 2.97. The number of carbonyl (C=O) groups is 1. The lowest BCUT2D eigenvalue weighted by Gasteiger charge is -2.27. The topological polar surface area (TPSA) is 76.8 Å². The first kappa shape index (κ1) is 21.1. The van der Waals surface area contributed by atoms with Crippen molar-refractivity contribution in [3.8, 4) is 11.5 Å². The van der Waals surface area contributed by atoms with Gasteiger partial charge >= 0.3 is 6.09 Å². The summed E-state index contributed by atoms with van der Waals surface area (Å²) in [6.45, 7) is 7.69. The molecule has 0 saturated carbocycles. The van der Waals surface area contributed by atoms with Gasteiger partial charge in [-0.1, -0.05) is 30.3 Å². The van der Waals surface area contributed by atoms with Crippen LogP contribution in [-0.4, -0.2) is 42.3 Å². The Morgan fingerprint density at radius 2 is 1.90 bits per heavy atom. The molecule has 1 heterocycles. The van der Waals surface area contributed by atoms with Crippen LogP contribution in [0.3, 0.4) is 0 Å². The number of likely N-dealkylation sites (tertiary alicyclic amines) is 1. The molecule has 2 unspecified atom stereocenters. The fourth-order valence-corrected chi connectivity index (χ4v) is 3.57. The third-order valence-electron chi connectivity index (χ3n) is 4.83. The van der Waals surface area contributed by atoms with Gasteiger partial charge in [0.15, 0.2) is 0 Å². The van der Waals surface area contributed by atoms with Crippen molar-refractivity contribution in [1.29, 1.82) is 0 Å². The van der Waals surface area contributed by atoms with Crippen LogP contribution < -0.4 is 15.8 Å². The molecular weight excluding hydrogens is 366 g/mol. The van der Waals surface area contributed by atoms with E-state index in [1.807, 2.05) is 69.3 Å². The molecule has 6 nitrogen and oxygen atoms in total. The van der Waals surface area contributed by atoms with Crippen LogP contribution >= 0.6 is 0 Å². The van der Waals surface area contributed by atoms with Crippen molar-refractivity contribution < 1.29 is 14.3 Å². The van der Waals surface area contributed by atoms with E-state index in [1.54, 1.807) is 0 Å². The van der Waals surface area contributed by atoms with Crippen LogP contribution in [0.5, 0.6) is 11.5 Å². The fraction of sp³-hybridized carbons (Fsp3) is 0.435. The minimum absolute atomic E-state index is 0.0580. The van der Waals surface area contributed by atoms with Gasteiger partial charge in [-0.3, -0.25) is 4.90 Å². The van der Waals surface area contributed by atoms with Crippen molar-refractivity contribution in [2.24, 2.45) is 5.73 Å². The highest BCUT2D eigenvalue weighted by Crippen LogP contribution is 2.29. The second-order valence-corrected chi connectivity index (χ2v) is 8.37. The summed E-state index contributed by atoms with van der Waals surface area (Å²) in [6, 6.07) is 17.9. The number of nitrogens with one attached hydrogen (secondary N) is 1. The summed E-state index contributed by atoms with van der Waals surface area (Å²) in [6.07, 6.45) is 0.502. The molecule has 1 aliphatic heterocycles. The number of ether oxygens (including phenoxy) is 2. The molecule has 29 heavy (non-hydrogen) atoms. The van der Waals surface area contributed by atoms with Gasteiger partial charge in [-0.15, -0.1) is 0 Å².